The number of carbonyl (C=O) groups excluding carboxylic acids is 3. The minimum Gasteiger partial charge on any atom is -0.324 e. The van der Waals surface area contributed by atoms with Crippen LogP contribution in [0.5, 0.6) is 0 Å². The molecule has 3 atom stereocenters. The highest BCUT2D eigenvalue weighted by molar-refractivity contribution is 6.14. The van der Waals surface area contributed by atoms with Crippen molar-refractivity contribution in [1.82, 2.24) is 10.2 Å². The lowest BCUT2D eigenvalue weighted by Gasteiger charge is -2.32. The Morgan fingerprint density at radius 2 is 2.08 bits per heavy atom. The SMILES string of the molecule is C=CCN1C(=O)C(Cc2ccccc2)C(=O)[C@]12CN[C@H](C(C)=O)C2. The smallest absolute Gasteiger partial charge is 0.234 e. The molecule has 126 valence electrons. The average Bonchev–Trinajstić information content (AvgIpc) is 3.10. The van der Waals surface area contributed by atoms with Crippen LogP contribution >= 0.6 is 0 Å². The van der Waals surface area contributed by atoms with Crippen LogP contribution in [-0.2, 0) is 20.8 Å². The first kappa shape index (κ1) is 16.6. The molecule has 0 radical (unpaired) electrons. The molecule has 2 fully saturated rings. The van der Waals surface area contributed by atoms with E-state index < -0.39 is 11.5 Å². The highest BCUT2D eigenvalue weighted by Gasteiger charge is 2.60. The first-order chi connectivity index (χ1) is 11.5. The van der Waals surface area contributed by atoms with Gasteiger partial charge in [-0.25, -0.2) is 0 Å². The number of likely N-dealkylation sites (tertiary alicyclic amines) is 1. The standard InChI is InChI=1S/C19H22N2O3/c1-3-9-21-18(24)15(10-14-7-5-4-6-8-14)17(23)19(21)11-16(13(2)22)20-12-19/h3-8,15-16,20H,1,9-12H2,2H3/t15?,16-,19-/m0/s1. The molecule has 0 aromatic heterocycles. The Kier molecular flexibility index (Phi) is 4.37. The molecule has 1 amide bonds. The van der Waals surface area contributed by atoms with E-state index in [9.17, 15) is 14.4 Å². The van der Waals surface area contributed by atoms with E-state index >= 15 is 0 Å². The van der Waals surface area contributed by atoms with Crippen LogP contribution < -0.4 is 5.32 Å². The number of amides is 1. The molecule has 0 saturated carbocycles. The molecule has 1 spiro atoms. The van der Waals surface area contributed by atoms with Gasteiger partial charge in [-0.2, -0.15) is 0 Å². The minimum atomic E-state index is -0.916. The minimum absolute atomic E-state index is 0.00261. The lowest BCUT2D eigenvalue weighted by Crippen LogP contribution is -2.51. The van der Waals surface area contributed by atoms with Crippen molar-refractivity contribution in [2.75, 3.05) is 13.1 Å². The van der Waals surface area contributed by atoms with Crippen molar-refractivity contribution in [3.05, 3.63) is 48.6 Å². The summed E-state index contributed by atoms with van der Waals surface area (Å²) < 4.78 is 0. The van der Waals surface area contributed by atoms with Gasteiger partial charge in [-0.1, -0.05) is 36.4 Å². The summed E-state index contributed by atoms with van der Waals surface area (Å²) in [5, 5.41) is 3.11. The van der Waals surface area contributed by atoms with Crippen LogP contribution in [-0.4, -0.2) is 47.0 Å². The molecule has 5 nitrogen and oxygen atoms in total. The van der Waals surface area contributed by atoms with Gasteiger partial charge in [-0.15, -0.1) is 6.58 Å². The van der Waals surface area contributed by atoms with E-state index in [0.29, 0.717) is 25.9 Å². The topological polar surface area (TPSA) is 66.5 Å². The molecule has 2 aliphatic heterocycles. The van der Waals surface area contributed by atoms with E-state index in [1.807, 2.05) is 30.3 Å². The zero-order valence-corrected chi connectivity index (χ0v) is 13.8. The largest absolute Gasteiger partial charge is 0.324 e. The van der Waals surface area contributed by atoms with Crippen molar-refractivity contribution in [3.8, 4) is 0 Å². The van der Waals surface area contributed by atoms with Crippen LogP contribution in [0, 0.1) is 5.92 Å². The molecule has 2 saturated heterocycles. The van der Waals surface area contributed by atoms with Crippen LogP contribution in [0.1, 0.15) is 18.9 Å². The highest BCUT2D eigenvalue weighted by Crippen LogP contribution is 2.39. The molecule has 0 bridgehead atoms. The number of ketones is 2. The molecule has 1 aromatic carbocycles. The van der Waals surface area contributed by atoms with Gasteiger partial charge in [0.15, 0.2) is 5.78 Å². The van der Waals surface area contributed by atoms with E-state index in [4.69, 9.17) is 0 Å². The van der Waals surface area contributed by atoms with E-state index in [1.165, 1.54) is 6.92 Å². The van der Waals surface area contributed by atoms with Crippen molar-refractivity contribution in [2.45, 2.75) is 31.3 Å². The molecule has 0 aliphatic carbocycles. The number of rotatable bonds is 5. The van der Waals surface area contributed by atoms with E-state index in [-0.39, 0.29) is 23.5 Å². The van der Waals surface area contributed by atoms with E-state index in [1.54, 1.807) is 11.0 Å². The maximum Gasteiger partial charge on any atom is 0.234 e. The summed E-state index contributed by atoms with van der Waals surface area (Å²) in [5.41, 5.74) is 0.0509. The summed E-state index contributed by atoms with van der Waals surface area (Å²) in [6, 6.07) is 9.19. The van der Waals surface area contributed by atoms with Gasteiger partial charge >= 0.3 is 0 Å². The maximum atomic E-state index is 13.1. The second kappa shape index (κ2) is 6.32. The Balaban J connectivity index is 1.91. The van der Waals surface area contributed by atoms with Crippen molar-refractivity contribution >= 4 is 17.5 Å². The number of carbonyl (C=O) groups is 3. The zero-order chi connectivity index (χ0) is 17.3. The van der Waals surface area contributed by atoms with E-state index in [0.717, 1.165) is 5.56 Å². The summed E-state index contributed by atoms with van der Waals surface area (Å²) in [6.45, 7) is 5.88. The van der Waals surface area contributed by atoms with Crippen LogP contribution in [0.4, 0.5) is 0 Å². The molecular formula is C19H22N2O3. The molecule has 5 heteroatoms. The van der Waals surface area contributed by atoms with Crippen LogP contribution in [0.2, 0.25) is 0 Å². The predicted octanol–water partition coefficient (Wildman–Crippen LogP) is 1.13. The first-order valence-corrected chi connectivity index (χ1v) is 8.24. The Bertz CT molecular complexity index is 685. The third kappa shape index (κ3) is 2.59. The van der Waals surface area contributed by atoms with Gasteiger partial charge in [0.25, 0.3) is 0 Å². The van der Waals surface area contributed by atoms with Gasteiger partial charge in [-0.3, -0.25) is 14.4 Å². The normalized spacial score (nSPS) is 29.5. The number of hydrogen-bond donors (Lipinski definition) is 1. The summed E-state index contributed by atoms with van der Waals surface area (Å²) in [6.07, 6.45) is 2.39. The molecule has 2 heterocycles. The zero-order valence-electron chi connectivity index (χ0n) is 13.8. The fourth-order valence-electron chi connectivity index (χ4n) is 3.85. The average molecular weight is 326 g/mol. The van der Waals surface area contributed by atoms with Crippen molar-refractivity contribution in [2.24, 2.45) is 5.92 Å². The lowest BCUT2D eigenvalue weighted by atomic mass is 9.85. The van der Waals surface area contributed by atoms with Crippen molar-refractivity contribution in [1.29, 1.82) is 0 Å². The molecule has 1 unspecified atom stereocenters. The maximum absolute atomic E-state index is 13.1. The second-order valence-corrected chi connectivity index (χ2v) is 6.62. The summed E-state index contributed by atoms with van der Waals surface area (Å²) in [7, 11) is 0. The Morgan fingerprint density at radius 3 is 2.67 bits per heavy atom. The quantitative estimate of drug-likeness (QED) is 0.651. The Labute approximate surface area is 141 Å². The monoisotopic (exact) mass is 326 g/mol. The molecule has 1 N–H and O–H groups in total. The first-order valence-electron chi connectivity index (χ1n) is 8.24. The van der Waals surface area contributed by atoms with Crippen LogP contribution in [0.25, 0.3) is 0 Å². The Hall–Kier alpha value is -2.27. The summed E-state index contributed by atoms with van der Waals surface area (Å²) in [5.74, 6) is -0.916. The van der Waals surface area contributed by atoms with Gasteiger partial charge < -0.3 is 10.2 Å². The van der Waals surface area contributed by atoms with Crippen molar-refractivity contribution < 1.29 is 14.4 Å². The van der Waals surface area contributed by atoms with Crippen LogP contribution in [0.3, 0.4) is 0 Å². The van der Waals surface area contributed by atoms with Gasteiger partial charge in [0.05, 0.1) is 6.04 Å². The number of nitrogens with zero attached hydrogens (tertiary/aromatic N) is 1. The highest BCUT2D eigenvalue weighted by atomic mass is 16.2. The van der Waals surface area contributed by atoms with Crippen molar-refractivity contribution in [3.63, 3.8) is 0 Å². The fraction of sp³-hybridized carbons (Fsp3) is 0.421. The van der Waals surface area contributed by atoms with Gasteiger partial charge in [0.2, 0.25) is 5.91 Å². The second-order valence-electron chi connectivity index (χ2n) is 6.62. The molecule has 2 aliphatic rings. The van der Waals surface area contributed by atoms with Gasteiger partial charge in [0.1, 0.15) is 17.2 Å². The molecule has 3 rings (SSSR count). The molecule has 1 aromatic rings. The summed E-state index contributed by atoms with van der Waals surface area (Å²) in [4.78, 5) is 39.4. The number of nitrogens with one attached hydrogen (secondary N) is 1. The Morgan fingerprint density at radius 1 is 1.38 bits per heavy atom. The summed E-state index contributed by atoms with van der Waals surface area (Å²) >= 11 is 0. The molecular weight excluding hydrogens is 304 g/mol. The third-order valence-electron chi connectivity index (χ3n) is 5.12. The molecule has 24 heavy (non-hydrogen) atoms. The van der Waals surface area contributed by atoms with E-state index in [2.05, 4.69) is 11.9 Å². The predicted molar refractivity (Wildman–Crippen MR) is 90.4 cm³/mol. The number of Topliss-reactive ketones (excluding diaryl/α,β-unsaturated/α-hetero) is 2. The number of benzene rings is 1. The van der Waals surface area contributed by atoms with Gasteiger partial charge in [-0.05, 0) is 18.9 Å². The third-order valence-corrected chi connectivity index (χ3v) is 5.12. The van der Waals surface area contributed by atoms with Gasteiger partial charge in [0, 0.05) is 19.5 Å². The number of hydrogen-bond acceptors (Lipinski definition) is 4. The lowest BCUT2D eigenvalue weighted by molar-refractivity contribution is -0.133. The van der Waals surface area contributed by atoms with Crippen LogP contribution in [0.15, 0.2) is 43.0 Å². The fourth-order valence-corrected chi connectivity index (χ4v) is 3.85.